The molecule has 1 fully saturated rings. The minimum absolute atomic E-state index is 0.0378. The number of carbonyl (C=O) groups is 1. The number of halogens is 1. The molecule has 30 heavy (non-hydrogen) atoms. The van der Waals surface area contributed by atoms with Gasteiger partial charge in [0.1, 0.15) is 5.82 Å². The minimum atomic E-state index is -0.775. The Balaban J connectivity index is 1.64. The quantitative estimate of drug-likeness (QED) is 0.424. The summed E-state index contributed by atoms with van der Waals surface area (Å²) in [4.78, 5) is 23.6. The van der Waals surface area contributed by atoms with Crippen LogP contribution in [0.5, 0.6) is 0 Å². The molecule has 0 radical (unpaired) electrons. The molecule has 1 aliphatic rings. The molecule has 1 saturated carbocycles. The minimum Gasteiger partial charge on any atom is -0.365 e. The zero-order valence-corrected chi connectivity index (χ0v) is 16.4. The molecule has 156 valence electrons. The third-order valence-electron chi connectivity index (χ3n) is 5.28. The average molecular weight is 409 g/mol. The topological polar surface area (TPSA) is 135 Å². The molecule has 4 rings (SSSR count). The number of nitrogens with zero attached hydrogens (tertiary/aromatic N) is 2. The number of primary amides is 1. The van der Waals surface area contributed by atoms with E-state index in [9.17, 15) is 9.18 Å². The van der Waals surface area contributed by atoms with Crippen molar-refractivity contribution in [1.82, 2.24) is 15.0 Å². The molecule has 0 bridgehead atoms. The molecule has 0 aromatic carbocycles. The predicted molar refractivity (Wildman–Crippen MR) is 114 cm³/mol. The maximum atomic E-state index is 14.6. The van der Waals surface area contributed by atoms with Gasteiger partial charge in [-0.3, -0.25) is 9.78 Å². The van der Waals surface area contributed by atoms with Crippen molar-refractivity contribution in [3.05, 3.63) is 54.1 Å². The summed E-state index contributed by atoms with van der Waals surface area (Å²) < 4.78 is 14.6. The molecule has 7 N–H and O–H groups in total. The van der Waals surface area contributed by atoms with E-state index >= 15 is 0 Å². The van der Waals surface area contributed by atoms with Gasteiger partial charge in [-0.1, -0.05) is 12.8 Å². The largest absolute Gasteiger partial charge is 0.365 e. The third kappa shape index (κ3) is 4.25. The van der Waals surface area contributed by atoms with Crippen molar-refractivity contribution in [3.63, 3.8) is 0 Å². The van der Waals surface area contributed by atoms with Gasteiger partial charge in [-0.25, -0.2) is 9.37 Å². The van der Waals surface area contributed by atoms with E-state index in [1.165, 1.54) is 0 Å². The van der Waals surface area contributed by atoms with E-state index in [2.05, 4.69) is 25.6 Å². The van der Waals surface area contributed by atoms with Crippen LogP contribution in [0.25, 0.3) is 11.4 Å². The normalized spacial score (nSPS) is 18.7. The van der Waals surface area contributed by atoms with Crippen LogP contribution in [0.2, 0.25) is 0 Å². The number of carbonyl (C=O) groups excluding carboxylic acids is 1. The van der Waals surface area contributed by atoms with Crippen LogP contribution in [0.4, 0.5) is 21.7 Å². The van der Waals surface area contributed by atoms with Crippen molar-refractivity contribution in [3.8, 4) is 11.4 Å². The number of anilines is 3. The first-order valence-electron chi connectivity index (χ1n) is 9.90. The lowest BCUT2D eigenvalue weighted by molar-refractivity contribution is 0.100. The summed E-state index contributed by atoms with van der Waals surface area (Å²) in [5.41, 5.74) is 13.8. The van der Waals surface area contributed by atoms with Crippen molar-refractivity contribution in [1.29, 1.82) is 0 Å². The Morgan fingerprint density at radius 3 is 2.77 bits per heavy atom. The summed E-state index contributed by atoms with van der Waals surface area (Å²) in [7, 11) is 0. The summed E-state index contributed by atoms with van der Waals surface area (Å²) >= 11 is 0. The standard InChI is InChI=1S/C21H24FN7O/c22-14-11-13(19(24)30)20(29-21(14)28-16-5-2-1-4-15(16)23)27-12-7-9-26-18(10-12)17-6-3-8-25-17/h3,6-11,15-16,25H,1-2,4-5,23H2,(H2,24,30)(H2,26,27,28,29)/t15-,16?/m0/s1. The van der Waals surface area contributed by atoms with Crippen molar-refractivity contribution in [2.24, 2.45) is 11.5 Å². The van der Waals surface area contributed by atoms with Gasteiger partial charge < -0.3 is 27.1 Å². The summed E-state index contributed by atoms with van der Waals surface area (Å²) in [5, 5.41) is 6.17. The van der Waals surface area contributed by atoms with Crippen LogP contribution >= 0.6 is 0 Å². The first kappa shape index (κ1) is 19.8. The van der Waals surface area contributed by atoms with Gasteiger partial charge in [-0.15, -0.1) is 0 Å². The second-order valence-electron chi connectivity index (χ2n) is 7.42. The molecule has 0 saturated heterocycles. The van der Waals surface area contributed by atoms with Gasteiger partial charge in [0.2, 0.25) is 0 Å². The number of aromatic nitrogens is 3. The number of H-pyrrole nitrogens is 1. The molecule has 8 nitrogen and oxygen atoms in total. The number of hydrogen-bond acceptors (Lipinski definition) is 6. The number of amides is 1. The van der Waals surface area contributed by atoms with Crippen molar-refractivity contribution < 1.29 is 9.18 Å². The molecule has 1 unspecified atom stereocenters. The van der Waals surface area contributed by atoms with Gasteiger partial charge in [0.15, 0.2) is 11.6 Å². The highest BCUT2D eigenvalue weighted by molar-refractivity contribution is 5.98. The second kappa shape index (κ2) is 8.50. The highest BCUT2D eigenvalue weighted by Gasteiger charge is 2.24. The molecule has 1 aliphatic carbocycles. The van der Waals surface area contributed by atoms with Crippen molar-refractivity contribution in [2.45, 2.75) is 37.8 Å². The third-order valence-corrected chi connectivity index (χ3v) is 5.28. The maximum absolute atomic E-state index is 14.6. The van der Waals surface area contributed by atoms with E-state index in [1.807, 2.05) is 12.1 Å². The zero-order valence-electron chi connectivity index (χ0n) is 16.4. The highest BCUT2D eigenvalue weighted by atomic mass is 19.1. The molecule has 0 aliphatic heterocycles. The van der Waals surface area contributed by atoms with Crippen LogP contribution < -0.4 is 22.1 Å². The number of pyridine rings is 2. The Morgan fingerprint density at radius 2 is 2.03 bits per heavy atom. The first-order valence-corrected chi connectivity index (χ1v) is 9.90. The predicted octanol–water partition coefficient (Wildman–Crippen LogP) is 3.14. The van der Waals surface area contributed by atoms with E-state index in [4.69, 9.17) is 11.5 Å². The van der Waals surface area contributed by atoms with Gasteiger partial charge in [-0.2, -0.15) is 0 Å². The Hall–Kier alpha value is -3.46. The fourth-order valence-electron chi connectivity index (χ4n) is 3.67. The number of nitrogens with two attached hydrogens (primary N) is 2. The molecule has 2 atom stereocenters. The van der Waals surface area contributed by atoms with E-state index in [0.717, 1.165) is 37.4 Å². The number of nitrogens with one attached hydrogen (secondary N) is 3. The first-order chi connectivity index (χ1) is 14.5. The van der Waals surface area contributed by atoms with Crippen molar-refractivity contribution >= 4 is 23.2 Å². The van der Waals surface area contributed by atoms with E-state index in [1.54, 1.807) is 24.5 Å². The Morgan fingerprint density at radius 1 is 1.20 bits per heavy atom. The number of aromatic amines is 1. The Labute approximate surface area is 173 Å². The van der Waals surface area contributed by atoms with Crippen LogP contribution in [0.1, 0.15) is 36.0 Å². The summed E-state index contributed by atoms with van der Waals surface area (Å²) in [6, 6.07) is 8.24. The molecule has 3 aromatic heterocycles. The van der Waals surface area contributed by atoms with E-state index < -0.39 is 11.7 Å². The molecule has 0 spiro atoms. The molecule has 3 aromatic rings. The van der Waals surface area contributed by atoms with Crippen LogP contribution in [0.3, 0.4) is 0 Å². The smallest absolute Gasteiger partial charge is 0.252 e. The van der Waals surface area contributed by atoms with Gasteiger partial charge >= 0.3 is 0 Å². The molecule has 1 amide bonds. The lowest BCUT2D eigenvalue weighted by Gasteiger charge is -2.30. The summed E-state index contributed by atoms with van der Waals surface area (Å²) in [6.07, 6.45) is 7.24. The summed E-state index contributed by atoms with van der Waals surface area (Å²) in [6.45, 7) is 0. The van der Waals surface area contributed by atoms with Gasteiger partial charge in [-0.05, 0) is 43.2 Å². The summed E-state index contributed by atoms with van der Waals surface area (Å²) in [5.74, 6) is -1.21. The fraction of sp³-hybridized carbons (Fsp3) is 0.286. The highest BCUT2D eigenvalue weighted by Crippen LogP contribution is 2.27. The van der Waals surface area contributed by atoms with Gasteiger partial charge in [0.25, 0.3) is 5.91 Å². The lowest BCUT2D eigenvalue weighted by atomic mass is 9.91. The average Bonchev–Trinajstić information content (AvgIpc) is 3.27. The van der Waals surface area contributed by atoms with E-state index in [-0.39, 0.29) is 29.3 Å². The zero-order chi connectivity index (χ0) is 21.1. The van der Waals surface area contributed by atoms with Crippen LogP contribution in [-0.2, 0) is 0 Å². The number of rotatable bonds is 6. The van der Waals surface area contributed by atoms with Crippen LogP contribution in [0.15, 0.2) is 42.7 Å². The SMILES string of the molecule is NC(=O)c1cc(F)c(NC2CCCC[C@@H]2N)nc1Nc1ccnc(-c2ccc[nH]2)c1. The lowest BCUT2D eigenvalue weighted by Crippen LogP contribution is -2.43. The fourth-order valence-corrected chi connectivity index (χ4v) is 3.67. The second-order valence-corrected chi connectivity index (χ2v) is 7.42. The van der Waals surface area contributed by atoms with Gasteiger partial charge in [0.05, 0.1) is 17.0 Å². The monoisotopic (exact) mass is 409 g/mol. The van der Waals surface area contributed by atoms with Crippen molar-refractivity contribution in [2.75, 3.05) is 10.6 Å². The Bertz CT molecular complexity index is 1040. The molecule has 9 heteroatoms. The molecular weight excluding hydrogens is 385 g/mol. The maximum Gasteiger partial charge on any atom is 0.252 e. The number of hydrogen-bond donors (Lipinski definition) is 5. The molecule has 3 heterocycles. The van der Waals surface area contributed by atoms with E-state index in [0.29, 0.717) is 11.4 Å². The molecular formula is C21H24FN7O. The van der Waals surface area contributed by atoms with Crippen LogP contribution in [0, 0.1) is 5.82 Å². The van der Waals surface area contributed by atoms with Gasteiger partial charge in [0, 0.05) is 30.2 Å². The Kier molecular flexibility index (Phi) is 5.62. The van der Waals surface area contributed by atoms with Crippen LogP contribution in [-0.4, -0.2) is 32.9 Å².